The van der Waals surface area contributed by atoms with E-state index >= 15 is 4.39 Å². The fraction of sp³-hybridized carbons (Fsp3) is 0.500. The topological polar surface area (TPSA) is 179 Å². The second kappa shape index (κ2) is 21.6. The molecule has 0 aromatic carbocycles. The highest BCUT2D eigenvalue weighted by Crippen LogP contribution is 2.38. The number of halogens is 3. The zero-order chi connectivity index (χ0) is 48.9. The van der Waals surface area contributed by atoms with Crippen LogP contribution in [0.25, 0.3) is 22.1 Å². The molecule has 2 aliphatic heterocycles. The summed E-state index contributed by atoms with van der Waals surface area (Å²) >= 11 is 5.85. The molecule has 18 nitrogen and oxygen atoms in total. The van der Waals surface area contributed by atoms with Crippen LogP contribution in [0.2, 0.25) is 5.28 Å². The highest BCUT2D eigenvalue weighted by Gasteiger charge is 2.33. The van der Waals surface area contributed by atoms with Gasteiger partial charge in [0.1, 0.15) is 34.3 Å². The third kappa shape index (κ3) is 11.0. The van der Waals surface area contributed by atoms with Crippen molar-refractivity contribution in [2.75, 3.05) is 115 Å². The van der Waals surface area contributed by atoms with Gasteiger partial charge in [-0.1, -0.05) is 25.7 Å². The molecule has 69 heavy (non-hydrogen) atoms. The predicted molar refractivity (Wildman–Crippen MR) is 267 cm³/mol. The second-order valence-corrected chi connectivity index (χ2v) is 19.0. The molecule has 4 fully saturated rings. The number of fused-ring (bicyclic) bond motifs is 2. The van der Waals surface area contributed by atoms with E-state index in [1.807, 2.05) is 36.7 Å². The van der Waals surface area contributed by atoms with Gasteiger partial charge in [0.25, 0.3) is 11.8 Å². The van der Waals surface area contributed by atoms with Crippen molar-refractivity contribution in [1.82, 2.24) is 58.6 Å². The number of aromatic nitrogens is 8. The summed E-state index contributed by atoms with van der Waals surface area (Å²) in [4.78, 5) is 62.9. The van der Waals surface area contributed by atoms with Crippen LogP contribution in [-0.4, -0.2) is 165 Å². The average molecular weight is 970 g/mol. The van der Waals surface area contributed by atoms with Crippen molar-refractivity contribution in [3.05, 3.63) is 77.4 Å². The fourth-order valence-electron chi connectivity index (χ4n) is 9.47. The normalized spacial score (nSPS) is 17.2. The molecule has 2 aliphatic carbocycles. The first-order chi connectivity index (χ1) is 33.2. The highest BCUT2D eigenvalue weighted by atomic mass is 35.5. The van der Waals surface area contributed by atoms with E-state index in [1.165, 1.54) is 27.9 Å². The number of piperazine rings is 2. The van der Waals surface area contributed by atoms with Crippen molar-refractivity contribution < 1.29 is 18.4 Å². The fourth-order valence-corrected chi connectivity index (χ4v) is 9.60. The first-order valence-corrected chi connectivity index (χ1v) is 24.1. The number of rotatable bonds is 8. The summed E-state index contributed by atoms with van der Waals surface area (Å²) in [5.41, 5.74) is 8.77. The number of anilines is 5. The summed E-state index contributed by atoms with van der Waals surface area (Å²) in [6.07, 6.45) is 14.4. The molecule has 21 heteroatoms. The summed E-state index contributed by atoms with van der Waals surface area (Å²) in [6, 6.07) is 7.96. The summed E-state index contributed by atoms with van der Waals surface area (Å²) < 4.78 is 33.6. The number of carbonyl (C=O) groups excluding carboxylic acids is 2. The van der Waals surface area contributed by atoms with Crippen LogP contribution >= 0.6 is 11.6 Å². The molecule has 8 heterocycles. The van der Waals surface area contributed by atoms with Gasteiger partial charge in [0.15, 0.2) is 11.6 Å². The molecule has 0 bridgehead atoms. The Bertz CT molecular complexity index is 2720. The van der Waals surface area contributed by atoms with E-state index in [1.54, 1.807) is 37.3 Å². The molecule has 6 aromatic heterocycles. The lowest BCUT2D eigenvalue weighted by Crippen LogP contribution is -2.44. The van der Waals surface area contributed by atoms with Crippen molar-refractivity contribution in [1.29, 1.82) is 0 Å². The number of nitrogens with two attached hydrogens (primary N) is 1. The Labute approximate surface area is 406 Å². The standard InChI is InChI=1S/C24H31FN8O.C14H16ClFN4O.C10H16N4/c1-30(2)23(34)21-20(25)18-15-27-24(29-22(18)33(21)16-6-4-5-7-16)28-19-9-8-17(14-26-19)32-12-10-31(3)11-13-32;1-19(2)13(21)11-10(16)9-7-17-14(15)18-12(9)20(11)8-5-3-4-6-8;1-13-4-6-14(7-5-13)9-2-3-10(11)12-8-9/h8-9,14-16H,4-7,10-13H2,1-3H3,(H,26,27,28,29);7-8H,3-6H2,1-2H3;2-3,8H,4-7H2,1H3,(H2,11,12). The molecule has 10 rings (SSSR count). The number of nitrogen functional groups attached to an aromatic ring is 1. The number of nitrogens with zero attached hydrogens (tertiary/aromatic N) is 14. The smallest absolute Gasteiger partial charge is 0.273 e. The van der Waals surface area contributed by atoms with Crippen LogP contribution in [0, 0.1) is 11.6 Å². The lowest BCUT2D eigenvalue weighted by molar-refractivity contribution is 0.0803. The lowest BCUT2D eigenvalue weighted by Gasteiger charge is -2.33. The number of pyridine rings is 2. The van der Waals surface area contributed by atoms with Crippen LogP contribution in [0.3, 0.4) is 0 Å². The van der Waals surface area contributed by atoms with Gasteiger partial charge in [-0.3, -0.25) is 9.59 Å². The Balaban J connectivity index is 0.000000155. The molecule has 4 aliphatic rings. The van der Waals surface area contributed by atoms with Crippen molar-refractivity contribution in [2.24, 2.45) is 0 Å². The van der Waals surface area contributed by atoms with E-state index < -0.39 is 11.6 Å². The molecular weight excluding hydrogens is 906 g/mol. The van der Waals surface area contributed by atoms with Crippen molar-refractivity contribution in [3.8, 4) is 0 Å². The molecule has 0 unspecified atom stereocenters. The number of carbonyl (C=O) groups is 2. The molecule has 3 N–H and O–H groups in total. The average Bonchev–Trinajstić information content (AvgIpc) is 4.17. The third-order valence-corrected chi connectivity index (χ3v) is 13.6. The van der Waals surface area contributed by atoms with Gasteiger partial charge in [0.05, 0.1) is 34.5 Å². The zero-order valence-corrected chi connectivity index (χ0v) is 41.1. The van der Waals surface area contributed by atoms with Gasteiger partial charge in [-0.2, -0.15) is 9.97 Å². The maximum absolute atomic E-state index is 15.4. The summed E-state index contributed by atoms with van der Waals surface area (Å²) in [7, 11) is 10.8. The van der Waals surface area contributed by atoms with Crippen molar-refractivity contribution >= 4 is 74.4 Å². The summed E-state index contributed by atoms with van der Waals surface area (Å²) in [5.74, 6) is -0.322. The number of likely N-dealkylation sites (N-methyl/N-ethyl adjacent to an activating group) is 2. The van der Waals surface area contributed by atoms with Gasteiger partial charge >= 0.3 is 0 Å². The molecule has 0 atom stereocenters. The molecule has 0 spiro atoms. The van der Waals surface area contributed by atoms with Crippen LogP contribution in [-0.2, 0) is 0 Å². The van der Waals surface area contributed by atoms with Gasteiger partial charge in [-0.25, -0.2) is 28.7 Å². The quantitative estimate of drug-likeness (QED) is 0.153. The third-order valence-electron chi connectivity index (χ3n) is 13.4. The Kier molecular flexibility index (Phi) is 15.4. The first kappa shape index (κ1) is 49.2. The summed E-state index contributed by atoms with van der Waals surface area (Å²) in [6.45, 7) is 8.39. The zero-order valence-electron chi connectivity index (χ0n) is 40.4. The van der Waals surface area contributed by atoms with Crippen LogP contribution in [0.1, 0.15) is 84.4 Å². The van der Waals surface area contributed by atoms with Crippen LogP contribution in [0.5, 0.6) is 0 Å². The Hall–Kier alpha value is -6.25. The molecule has 0 radical (unpaired) electrons. The van der Waals surface area contributed by atoms with Crippen LogP contribution in [0.15, 0.2) is 49.1 Å². The number of nitrogens with one attached hydrogen (secondary N) is 1. The maximum atomic E-state index is 15.4. The van der Waals surface area contributed by atoms with E-state index in [0.29, 0.717) is 28.9 Å². The van der Waals surface area contributed by atoms with E-state index in [2.05, 4.69) is 68.9 Å². The molecule has 368 valence electrons. The maximum Gasteiger partial charge on any atom is 0.273 e. The first-order valence-electron chi connectivity index (χ1n) is 23.7. The van der Waals surface area contributed by atoms with E-state index in [0.717, 1.165) is 109 Å². The van der Waals surface area contributed by atoms with Gasteiger partial charge in [-0.15, -0.1) is 0 Å². The van der Waals surface area contributed by atoms with Crippen molar-refractivity contribution in [2.45, 2.75) is 63.5 Å². The molecular formula is C48H63ClF2N16O2. The number of hydrogen-bond donors (Lipinski definition) is 2. The minimum Gasteiger partial charge on any atom is -0.384 e. The Morgan fingerprint density at radius 1 is 0.623 bits per heavy atom. The van der Waals surface area contributed by atoms with E-state index in [9.17, 15) is 14.0 Å². The lowest BCUT2D eigenvalue weighted by atomic mass is 10.2. The van der Waals surface area contributed by atoms with E-state index in [-0.39, 0.29) is 51.3 Å². The monoisotopic (exact) mass is 968 g/mol. The van der Waals surface area contributed by atoms with Gasteiger partial charge in [0, 0.05) is 105 Å². The number of hydrogen-bond acceptors (Lipinski definition) is 14. The molecule has 2 saturated carbocycles. The van der Waals surface area contributed by atoms with E-state index in [4.69, 9.17) is 17.3 Å². The van der Waals surface area contributed by atoms with Gasteiger partial charge in [0.2, 0.25) is 11.2 Å². The second-order valence-electron chi connectivity index (χ2n) is 18.7. The van der Waals surface area contributed by atoms with Gasteiger partial charge in [-0.05, 0) is 75.6 Å². The SMILES string of the molecule is CN(C)C(=O)c1c(F)c2cnc(Cl)nc2n1C1CCCC1.CN1CCN(c2ccc(N)nc2)CC1.CN1CCN(c2ccc(Nc3ncc4c(F)c(C(=O)N(C)C)n(C5CCCC5)c4n3)nc2)CC1. The minimum absolute atomic E-state index is 0.0506. The van der Waals surface area contributed by atoms with Crippen LogP contribution in [0.4, 0.5) is 37.7 Å². The molecule has 2 saturated heterocycles. The van der Waals surface area contributed by atoms with Gasteiger partial charge < -0.3 is 49.6 Å². The Morgan fingerprint density at radius 2 is 1.07 bits per heavy atom. The largest absolute Gasteiger partial charge is 0.384 e. The molecule has 6 aromatic rings. The number of amides is 2. The molecule has 2 amide bonds. The van der Waals surface area contributed by atoms with Crippen molar-refractivity contribution in [3.63, 3.8) is 0 Å². The Morgan fingerprint density at radius 3 is 1.51 bits per heavy atom. The minimum atomic E-state index is -0.563. The summed E-state index contributed by atoms with van der Waals surface area (Å²) in [5, 5.41) is 3.71. The van der Waals surface area contributed by atoms with Crippen LogP contribution < -0.4 is 20.9 Å². The highest BCUT2D eigenvalue weighted by molar-refractivity contribution is 6.28. The predicted octanol–water partition coefficient (Wildman–Crippen LogP) is 6.73.